The molecule has 1 aromatic carbocycles. The Labute approximate surface area is 133 Å². The Morgan fingerprint density at radius 3 is 2.91 bits per heavy atom. The molecule has 116 valence electrons. The molecule has 1 amide bonds. The summed E-state index contributed by atoms with van der Waals surface area (Å²) < 4.78 is 5.16. The van der Waals surface area contributed by atoms with E-state index in [0.29, 0.717) is 22.9 Å². The number of ether oxygens (including phenoxy) is 1. The van der Waals surface area contributed by atoms with Gasteiger partial charge < -0.3 is 15.2 Å². The highest BCUT2D eigenvalue weighted by Crippen LogP contribution is 2.50. The Kier molecular flexibility index (Phi) is 4.18. The number of anilines is 1. The molecular formula is C17H19NO3S. The number of methoxy groups -OCH3 is 1. The summed E-state index contributed by atoms with van der Waals surface area (Å²) in [5, 5.41) is 14.4. The number of amides is 1. The van der Waals surface area contributed by atoms with Crippen LogP contribution in [-0.2, 0) is 11.4 Å². The maximum Gasteiger partial charge on any atom is 0.228 e. The van der Waals surface area contributed by atoms with Gasteiger partial charge in [0.05, 0.1) is 13.7 Å². The number of carbonyl (C=O) groups is 1. The Hall–Kier alpha value is -1.85. The monoisotopic (exact) mass is 317 g/mol. The van der Waals surface area contributed by atoms with Gasteiger partial charge in [-0.15, -0.1) is 11.3 Å². The summed E-state index contributed by atoms with van der Waals surface area (Å²) in [6, 6.07) is 7.41. The van der Waals surface area contributed by atoms with Gasteiger partial charge in [0, 0.05) is 28.0 Å². The Balaban J connectivity index is 1.67. The minimum absolute atomic E-state index is 0.0480. The number of benzene rings is 1. The zero-order valence-corrected chi connectivity index (χ0v) is 13.4. The average Bonchev–Trinajstić information content (AvgIpc) is 3.21. The number of thiophene rings is 1. The third kappa shape index (κ3) is 2.87. The minimum Gasteiger partial charge on any atom is -0.496 e. The van der Waals surface area contributed by atoms with E-state index in [4.69, 9.17) is 4.74 Å². The highest BCUT2D eigenvalue weighted by molar-refractivity contribution is 7.10. The molecule has 0 saturated heterocycles. The predicted octanol–water partition coefficient (Wildman–Crippen LogP) is 3.30. The summed E-state index contributed by atoms with van der Waals surface area (Å²) in [4.78, 5) is 13.7. The van der Waals surface area contributed by atoms with Gasteiger partial charge in [-0.1, -0.05) is 0 Å². The van der Waals surface area contributed by atoms with Gasteiger partial charge in [0.15, 0.2) is 0 Å². The summed E-state index contributed by atoms with van der Waals surface area (Å²) in [5.41, 5.74) is 2.64. The third-order valence-electron chi connectivity index (χ3n) is 4.08. The zero-order chi connectivity index (χ0) is 15.7. The second kappa shape index (κ2) is 6.10. The molecule has 3 rings (SSSR count). The van der Waals surface area contributed by atoms with Crippen LogP contribution in [0.4, 0.5) is 5.69 Å². The SMILES string of the molecule is COc1ccc(NC(=O)C2CC2c2sccc2C)cc1CO. The molecule has 1 aromatic heterocycles. The quantitative estimate of drug-likeness (QED) is 0.889. The van der Waals surface area contributed by atoms with E-state index >= 15 is 0 Å². The molecule has 1 aliphatic carbocycles. The van der Waals surface area contributed by atoms with Gasteiger partial charge in [0.2, 0.25) is 5.91 Å². The van der Waals surface area contributed by atoms with Crippen molar-refractivity contribution in [2.75, 3.05) is 12.4 Å². The lowest BCUT2D eigenvalue weighted by Gasteiger charge is -2.10. The van der Waals surface area contributed by atoms with Crippen molar-refractivity contribution < 1.29 is 14.6 Å². The third-order valence-corrected chi connectivity index (χ3v) is 5.23. The van der Waals surface area contributed by atoms with Gasteiger partial charge in [-0.2, -0.15) is 0 Å². The lowest BCUT2D eigenvalue weighted by Crippen LogP contribution is -2.14. The molecule has 1 heterocycles. The first-order valence-corrected chi connectivity index (χ1v) is 8.14. The molecule has 5 heteroatoms. The number of hydrogen-bond donors (Lipinski definition) is 2. The molecule has 2 N–H and O–H groups in total. The largest absolute Gasteiger partial charge is 0.496 e. The molecule has 1 aliphatic rings. The molecule has 0 aliphatic heterocycles. The Morgan fingerprint density at radius 1 is 1.45 bits per heavy atom. The number of nitrogens with one attached hydrogen (secondary N) is 1. The first-order valence-electron chi connectivity index (χ1n) is 7.26. The van der Waals surface area contributed by atoms with Crippen LogP contribution in [0.15, 0.2) is 29.6 Å². The van der Waals surface area contributed by atoms with E-state index in [2.05, 4.69) is 23.7 Å². The summed E-state index contributed by atoms with van der Waals surface area (Å²) in [6.07, 6.45) is 0.913. The first kappa shape index (κ1) is 15.1. The van der Waals surface area contributed by atoms with Crippen LogP contribution < -0.4 is 10.1 Å². The van der Waals surface area contributed by atoms with Crippen molar-refractivity contribution in [3.63, 3.8) is 0 Å². The fourth-order valence-electron chi connectivity index (χ4n) is 2.75. The molecule has 2 atom stereocenters. The van der Waals surface area contributed by atoms with Crippen LogP contribution in [0, 0.1) is 12.8 Å². The maximum absolute atomic E-state index is 12.3. The van der Waals surface area contributed by atoms with Crippen LogP contribution in [0.5, 0.6) is 5.75 Å². The van der Waals surface area contributed by atoms with E-state index < -0.39 is 0 Å². The zero-order valence-electron chi connectivity index (χ0n) is 12.6. The van der Waals surface area contributed by atoms with Crippen LogP contribution in [0.2, 0.25) is 0 Å². The molecule has 22 heavy (non-hydrogen) atoms. The van der Waals surface area contributed by atoms with E-state index in [1.165, 1.54) is 10.4 Å². The Bertz CT molecular complexity index is 695. The molecule has 0 spiro atoms. The van der Waals surface area contributed by atoms with Crippen LogP contribution >= 0.6 is 11.3 Å². The van der Waals surface area contributed by atoms with Crippen LogP contribution in [0.25, 0.3) is 0 Å². The van der Waals surface area contributed by atoms with Crippen LogP contribution in [0.1, 0.15) is 28.3 Å². The maximum atomic E-state index is 12.3. The smallest absolute Gasteiger partial charge is 0.228 e. The topological polar surface area (TPSA) is 58.6 Å². The lowest BCUT2D eigenvalue weighted by atomic mass is 10.1. The molecule has 1 fully saturated rings. The number of aliphatic hydroxyl groups is 1. The number of aliphatic hydroxyl groups excluding tert-OH is 1. The number of aryl methyl sites for hydroxylation is 1. The summed E-state index contributed by atoms with van der Waals surface area (Å²) in [6.45, 7) is 1.98. The van der Waals surface area contributed by atoms with E-state index in [0.717, 1.165) is 6.42 Å². The standard InChI is InChI=1S/C17H19NO3S/c1-10-5-6-22-16(10)13-8-14(13)17(20)18-12-3-4-15(21-2)11(7-12)9-19/h3-7,13-14,19H,8-9H2,1-2H3,(H,18,20). The van der Waals surface area contributed by atoms with E-state index in [-0.39, 0.29) is 18.4 Å². The Morgan fingerprint density at radius 2 is 2.27 bits per heavy atom. The average molecular weight is 317 g/mol. The molecular weight excluding hydrogens is 298 g/mol. The minimum atomic E-state index is -0.118. The van der Waals surface area contributed by atoms with E-state index in [9.17, 15) is 9.90 Å². The van der Waals surface area contributed by atoms with Crippen molar-refractivity contribution in [1.82, 2.24) is 0 Å². The van der Waals surface area contributed by atoms with Crippen LogP contribution in [-0.4, -0.2) is 18.1 Å². The lowest BCUT2D eigenvalue weighted by molar-refractivity contribution is -0.117. The number of carbonyl (C=O) groups excluding carboxylic acids is 1. The van der Waals surface area contributed by atoms with Crippen molar-refractivity contribution in [2.24, 2.45) is 5.92 Å². The van der Waals surface area contributed by atoms with Gasteiger partial charge in [-0.3, -0.25) is 4.79 Å². The van der Waals surface area contributed by atoms with Gasteiger partial charge in [0.1, 0.15) is 5.75 Å². The van der Waals surface area contributed by atoms with Crippen molar-refractivity contribution in [3.8, 4) is 5.75 Å². The van der Waals surface area contributed by atoms with Gasteiger partial charge in [-0.05, 0) is 48.6 Å². The highest BCUT2D eigenvalue weighted by Gasteiger charge is 2.45. The van der Waals surface area contributed by atoms with Crippen molar-refractivity contribution in [1.29, 1.82) is 0 Å². The summed E-state index contributed by atoms with van der Waals surface area (Å²) in [7, 11) is 1.56. The number of rotatable bonds is 5. The summed E-state index contributed by atoms with van der Waals surface area (Å²) >= 11 is 1.73. The molecule has 0 radical (unpaired) electrons. The van der Waals surface area contributed by atoms with Crippen molar-refractivity contribution >= 4 is 22.9 Å². The molecule has 0 bridgehead atoms. The summed E-state index contributed by atoms with van der Waals surface area (Å²) in [5.74, 6) is 1.08. The van der Waals surface area contributed by atoms with Gasteiger partial charge in [0.25, 0.3) is 0 Å². The van der Waals surface area contributed by atoms with Crippen LogP contribution in [0.3, 0.4) is 0 Å². The van der Waals surface area contributed by atoms with E-state index in [1.54, 1.807) is 36.6 Å². The van der Waals surface area contributed by atoms with Crippen molar-refractivity contribution in [2.45, 2.75) is 25.9 Å². The first-order chi connectivity index (χ1) is 10.6. The van der Waals surface area contributed by atoms with Gasteiger partial charge in [-0.25, -0.2) is 0 Å². The van der Waals surface area contributed by atoms with Gasteiger partial charge >= 0.3 is 0 Å². The normalized spacial score (nSPS) is 19.8. The molecule has 1 saturated carbocycles. The highest BCUT2D eigenvalue weighted by atomic mass is 32.1. The predicted molar refractivity (Wildman–Crippen MR) is 87.5 cm³/mol. The van der Waals surface area contributed by atoms with Crippen molar-refractivity contribution in [3.05, 3.63) is 45.6 Å². The fourth-order valence-corrected chi connectivity index (χ4v) is 3.86. The molecule has 4 nitrogen and oxygen atoms in total. The second-order valence-corrected chi connectivity index (χ2v) is 6.54. The molecule has 2 unspecified atom stereocenters. The molecule has 2 aromatic rings. The van der Waals surface area contributed by atoms with E-state index in [1.807, 2.05) is 0 Å². The fraction of sp³-hybridized carbons (Fsp3) is 0.353. The second-order valence-electron chi connectivity index (χ2n) is 5.59. The number of hydrogen-bond acceptors (Lipinski definition) is 4.